The second-order valence-corrected chi connectivity index (χ2v) is 5.14. The van der Waals surface area contributed by atoms with E-state index in [9.17, 15) is 9.59 Å². The van der Waals surface area contributed by atoms with Gasteiger partial charge in [0.05, 0.1) is 12.1 Å². The van der Waals surface area contributed by atoms with Crippen molar-refractivity contribution in [3.8, 4) is 0 Å². The highest BCUT2D eigenvalue weighted by molar-refractivity contribution is 7.14. The van der Waals surface area contributed by atoms with Crippen LogP contribution in [0.15, 0.2) is 40.7 Å². The first-order chi connectivity index (χ1) is 11.2. The zero-order valence-electron chi connectivity index (χ0n) is 11.6. The van der Waals surface area contributed by atoms with Crippen LogP contribution in [0.25, 0.3) is 0 Å². The van der Waals surface area contributed by atoms with E-state index in [-0.39, 0.29) is 18.2 Å². The van der Waals surface area contributed by atoms with Crippen molar-refractivity contribution in [3.05, 3.63) is 47.7 Å². The van der Waals surface area contributed by atoms with E-state index < -0.39 is 5.91 Å². The van der Waals surface area contributed by atoms with Gasteiger partial charge in [0, 0.05) is 23.8 Å². The summed E-state index contributed by atoms with van der Waals surface area (Å²) in [5.74, 6) is -0.361. The molecule has 0 aliphatic heterocycles. The SMILES string of the molecule is O=C(Cc1csc(NC(=O)c2ncccn2)n1)Nc1ccon1. The maximum absolute atomic E-state index is 11.9. The standard InChI is InChI=1S/C13H10N6O3S/c20-10(17-9-2-5-22-19-9)6-8-7-23-13(16-8)18-12(21)11-14-3-1-4-15-11/h1-5,7H,6H2,(H,16,18,21)(H,17,19,20). The van der Waals surface area contributed by atoms with E-state index >= 15 is 0 Å². The minimum Gasteiger partial charge on any atom is -0.363 e. The van der Waals surface area contributed by atoms with Gasteiger partial charge in [0.2, 0.25) is 11.7 Å². The Morgan fingerprint density at radius 1 is 1.22 bits per heavy atom. The Morgan fingerprint density at radius 2 is 2.04 bits per heavy atom. The van der Waals surface area contributed by atoms with E-state index in [0.717, 1.165) is 0 Å². The number of amides is 2. The molecule has 0 saturated carbocycles. The molecule has 0 bridgehead atoms. The molecule has 2 N–H and O–H groups in total. The number of nitrogens with zero attached hydrogens (tertiary/aromatic N) is 4. The fourth-order valence-corrected chi connectivity index (χ4v) is 2.35. The van der Waals surface area contributed by atoms with E-state index in [1.807, 2.05) is 0 Å². The number of aromatic nitrogens is 4. The molecular formula is C13H10N6O3S. The molecule has 0 unspecified atom stereocenters. The van der Waals surface area contributed by atoms with Crippen molar-refractivity contribution in [2.45, 2.75) is 6.42 Å². The van der Waals surface area contributed by atoms with Crippen LogP contribution in [0.3, 0.4) is 0 Å². The van der Waals surface area contributed by atoms with Gasteiger partial charge in [-0.2, -0.15) is 0 Å². The number of hydrogen-bond donors (Lipinski definition) is 2. The van der Waals surface area contributed by atoms with E-state index in [4.69, 9.17) is 0 Å². The molecule has 9 nitrogen and oxygen atoms in total. The number of nitrogens with one attached hydrogen (secondary N) is 2. The average Bonchev–Trinajstić information content (AvgIpc) is 3.20. The molecule has 3 rings (SSSR count). The van der Waals surface area contributed by atoms with Crippen molar-refractivity contribution in [1.82, 2.24) is 20.1 Å². The van der Waals surface area contributed by atoms with Crippen molar-refractivity contribution in [2.24, 2.45) is 0 Å². The molecule has 2 amide bonds. The molecule has 0 radical (unpaired) electrons. The monoisotopic (exact) mass is 330 g/mol. The molecule has 10 heteroatoms. The minimum atomic E-state index is -0.460. The molecule has 3 aromatic rings. The van der Waals surface area contributed by atoms with Gasteiger partial charge >= 0.3 is 0 Å². The largest absolute Gasteiger partial charge is 0.363 e. The van der Waals surface area contributed by atoms with E-state index in [1.165, 1.54) is 36.1 Å². The quantitative estimate of drug-likeness (QED) is 0.724. The molecule has 3 heterocycles. The molecule has 0 fully saturated rings. The van der Waals surface area contributed by atoms with Gasteiger partial charge in [-0.3, -0.25) is 14.9 Å². The third kappa shape index (κ3) is 3.95. The first kappa shape index (κ1) is 14.8. The second kappa shape index (κ2) is 6.75. The summed E-state index contributed by atoms with van der Waals surface area (Å²) in [7, 11) is 0. The zero-order chi connectivity index (χ0) is 16.1. The van der Waals surface area contributed by atoms with Crippen molar-refractivity contribution < 1.29 is 14.1 Å². The Labute approximate surface area is 133 Å². The molecular weight excluding hydrogens is 320 g/mol. The van der Waals surface area contributed by atoms with Gasteiger partial charge in [-0.05, 0) is 6.07 Å². The van der Waals surface area contributed by atoms with Crippen LogP contribution < -0.4 is 10.6 Å². The van der Waals surface area contributed by atoms with Crippen LogP contribution in [0.1, 0.15) is 16.3 Å². The van der Waals surface area contributed by atoms with Crippen molar-refractivity contribution in [1.29, 1.82) is 0 Å². The maximum Gasteiger partial charge on any atom is 0.295 e. The Hall–Kier alpha value is -3.14. The summed E-state index contributed by atoms with van der Waals surface area (Å²) >= 11 is 1.21. The number of thiazole rings is 1. The third-order valence-corrected chi connectivity index (χ3v) is 3.39. The van der Waals surface area contributed by atoms with Gasteiger partial charge in [0.15, 0.2) is 10.9 Å². The molecule has 0 saturated heterocycles. The molecule has 23 heavy (non-hydrogen) atoms. The normalized spacial score (nSPS) is 10.3. The van der Waals surface area contributed by atoms with Crippen LogP contribution in [-0.2, 0) is 11.2 Å². The third-order valence-electron chi connectivity index (χ3n) is 2.59. The summed E-state index contributed by atoms with van der Waals surface area (Å²) in [6.07, 6.45) is 4.37. The highest BCUT2D eigenvalue weighted by Gasteiger charge is 2.13. The molecule has 0 aliphatic carbocycles. The van der Waals surface area contributed by atoms with Crippen LogP contribution in [0, 0.1) is 0 Å². The number of rotatable bonds is 5. The highest BCUT2D eigenvalue weighted by atomic mass is 32.1. The van der Waals surface area contributed by atoms with Gasteiger partial charge < -0.3 is 9.84 Å². The first-order valence-electron chi connectivity index (χ1n) is 6.44. The first-order valence-corrected chi connectivity index (χ1v) is 7.31. The second-order valence-electron chi connectivity index (χ2n) is 4.28. The predicted molar refractivity (Wildman–Crippen MR) is 80.9 cm³/mol. The molecule has 0 atom stereocenters. The molecule has 3 aromatic heterocycles. The average molecular weight is 330 g/mol. The van der Waals surface area contributed by atoms with E-state index in [2.05, 4.69) is 35.3 Å². The van der Waals surface area contributed by atoms with Crippen LogP contribution in [0.4, 0.5) is 10.9 Å². The summed E-state index contributed by atoms with van der Waals surface area (Å²) < 4.78 is 4.62. The molecule has 116 valence electrons. The van der Waals surface area contributed by atoms with E-state index in [1.54, 1.807) is 11.4 Å². The summed E-state index contributed by atoms with van der Waals surface area (Å²) in [6.45, 7) is 0. The minimum absolute atomic E-state index is 0.0491. The molecule has 0 aromatic carbocycles. The summed E-state index contributed by atoms with van der Waals surface area (Å²) in [5.41, 5.74) is 0.528. The molecule has 0 spiro atoms. The van der Waals surface area contributed by atoms with Gasteiger partial charge in [-0.1, -0.05) is 5.16 Å². The summed E-state index contributed by atoms with van der Waals surface area (Å²) in [5, 5.41) is 10.8. The van der Waals surface area contributed by atoms with Crippen molar-refractivity contribution in [3.63, 3.8) is 0 Å². The van der Waals surface area contributed by atoms with Crippen LogP contribution >= 0.6 is 11.3 Å². The highest BCUT2D eigenvalue weighted by Crippen LogP contribution is 2.16. The number of hydrogen-bond acceptors (Lipinski definition) is 8. The summed E-state index contributed by atoms with van der Waals surface area (Å²) in [6, 6.07) is 3.15. The predicted octanol–water partition coefficient (Wildman–Crippen LogP) is 1.35. The van der Waals surface area contributed by atoms with Gasteiger partial charge in [0.1, 0.15) is 6.26 Å². The Balaban J connectivity index is 1.57. The number of carbonyl (C=O) groups is 2. The lowest BCUT2D eigenvalue weighted by Gasteiger charge is -1.99. The lowest BCUT2D eigenvalue weighted by atomic mass is 10.3. The fourth-order valence-electron chi connectivity index (χ4n) is 1.64. The Morgan fingerprint density at radius 3 is 2.78 bits per heavy atom. The lowest BCUT2D eigenvalue weighted by Crippen LogP contribution is -2.16. The number of carbonyl (C=O) groups excluding carboxylic acids is 2. The summed E-state index contributed by atoms with van der Waals surface area (Å²) in [4.78, 5) is 35.5. The molecule has 0 aliphatic rings. The van der Waals surface area contributed by atoms with Crippen LogP contribution in [-0.4, -0.2) is 31.9 Å². The van der Waals surface area contributed by atoms with Crippen LogP contribution in [0.5, 0.6) is 0 Å². The van der Waals surface area contributed by atoms with Crippen molar-refractivity contribution >= 4 is 34.1 Å². The fraction of sp³-hybridized carbons (Fsp3) is 0.0769. The van der Waals surface area contributed by atoms with Crippen molar-refractivity contribution in [2.75, 3.05) is 10.6 Å². The van der Waals surface area contributed by atoms with Gasteiger partial charge in [-0.25, -0.2) is 15.0 Å². The Kier molecular flexibility index (Phi) is 4.34. The van der Waals surface area contributed by atoms with E-state index in [0.29, 0.717) is 16.6 Å². The topological polar surface area (TPSA) is 123 Å². The maximum atomic E-state index is 11.9. The van der Waals surface area contributed by atoms with Gasteiger partial charge in [0.25, 0.3) is 5.91 Å². The number of anilines is 2. The van der Waals surface area contributed by atoms with Crippen LogP contribution in [0.2, 0.25) is 0 Å². The van der Waals surface area contributed by atoms with Gasteiger partial charge in [-0.15, -0.1) is 11.3 Å². The smallest absolute Gasteiger partial charge is 0.295 e. The Bertz CT molecular complexity index is 802. The lowest BCUT2D eigenvalue weighted by molar-refractivity contribution is -0.115. The zero-order valence-corrected chi connectivity index (χ0v) is 12.4.